The predicted octanol–water partition coefficient (Wildman–Crippen LogP) is 3.30. The molecule has 104 valence electrons. The first kappa shape index (κ1) is 14.1. The first-order valence-corrected chi connectivity index (χ1v) is 7.04. The number of hydrogen-bond donors (Lipinski definition) is 0. The Bertz CT molecular complexity index is 412. The number of likely N-dealkylation sites (tertiary alicyclic amines) is 1. The Hall–Kier alpha value is -1.35. The molecule has 0 radical (unpaired) electrons. The highest BCUT2D eigenvalue weighted by Crippen LogP contribution is 2.42. The van der Waals surface area contributed by atoms with Crippen molar-refractivity contribution in [2.45, 2.75) is 44.8 Å². The second-order valence-corrected chi connectivity index (χ2v) is 5.64. The fraction of sp³-hybridized carbons (Fsp3) is 0.562. The second-order valence-electron chi connectivity index (χ2n) is 5.64. The van der Waals surface area contributed by atoms with Gasteiger partial charge in [0.05, 0.1) is 0 Å². The third kappa shape index (κ3) is 2.98. The van der Waals surface area contributed by atoms with E-state index in [0.717, 1.165) is 43.8 Å². The molecule has 2 aliphatic rings. The maximum absolute atomic E-state index is 6.16. The Morgan fingerprint density at radius 2 is 2.00 bits per heavy atom. The number of rotatable bonds is 4. The highest BCUT2D eigenvalue weighted by Gasteiger charge is 2.42. The Kier molecular flexibility index (Phi) is 4.25. The molecule has 0 aromatic rings. The molecule has 2 heterocycles. The smallest absolute Gasteiger partial charge is 0.217 e. The van der Waals surface area contributed by atoms with Crippen molar-refractivity contribution in [3.05, 3.63) is 36.8 Å². The van der Waals surface area contributed by atoms with Gasteiger partial charge in [-0.25, -0.2) is 4.99 Å². The van der Waals surface area contributed by atoms with Crippen LogP contribution in [-0.4, -0.2) is 35.8 Å². The summed E-state index contributed by atoms with van der Waals surface area (Å²) >= 11 is 0. The van der Waals surface area contributed by atoms with E-state index in [2.05, 4.69) is 36.9 Å². The van der Waals surface area contributed by atoms with Crippen molar-refractivity contribution in [2.75, 3.05) is 13.1 Å². The summed E-state index contributed by atoms with van der Waals surface area (Å²) in [7, 11) is 0. The van der Waals surface area contributed by atoms with Crippen LogP contribution in [0.2, 0.25) is 0 Å². The Labute approximate surface area is 116 Å². The molecule has 0 aromatic carbocycles. The summed E-state index contributed by atoms with van der Waals surface area (Å²) in [5.41, 5.74) is 1.07. The minimum absolute atomic E-state index is 0.0528. The van der Waals surface area contributed by atoms with Crippen LogP contribution in [0.15, 0.2) is 41.8 Å². The summed E-state index contributed by atoms with van der Waals surface area (Å²) < 4.78 is 6.16. The second kappa shape index (κ2) is 5.74. The molecule has 1 spiro atoms. The molecule has 0 saturated carbocycles. The zero-order chi connectivity index (χ0) is 13.9. The molecule has 0 aromatic heterocycles. The molecule has 0 atom stereocenters. The van der Waals surface area contributed by atoms with Gasteiger partial charge in [-0.3, -0.25) is 0 Å². The van der Waals surface area contributed by atoms with Gasteiger partial charge in [-0.15, -0.1) is 0 Å². The van der Waals surface area contributed by atoms with Gasteiger partial charge in [-0.1, -0.05) is 25.3 Å². The zero-order valence-corrected chi connectivity index (χ0v) is 12.1. The fourth-order valence-electron chi connectivity index (χ4n) is 2.85. The van der Waals surface area contributed by atoms with Gasteiger partial charge in [-0.2, -0.15) is 0 Å². The maximum Gasteiger partial charge on any atom is 0.217 e. The molecule has 3 heteroatoms. The van der Waals surface area contributed by atoms with Crippen molar-refractivity contribution in [3.63, 3.8) is 0 Å². The lowest BCUT2D eigenvalue weighted by Crippen LogP contribution is -2.46. The highest BCUT2D eigenvalue weighted by atomic mass is 16.5. The van der Waals surface area contributed by atoms with Crippen molar-refractivity contribution in [1.29, 1.82) is 0 Å². The van der Waals surface area contributed by atoms with E-state index in [0.29, 0.717) is 6.04 Å². The summed E-state index contributed by atoms with van der Waals surface area (Å²) in [6.45, 7) is 14.2. The molecular weight excluding hydrogens is 236 g/mol. The molecular formula is C16H24N2O. The summed E-state index contributed by atoms with van der Waals surface area (Å²) in [5, 5.41) is 0. The molecule has 0 unspecified atom stereocenters. The van der Waals surface area contributed by atoms with Crippen LogP contribution in [0.25, 0.3) is 0 Å². The standard InChI is InChI=1S/C16H24N2O/c1-5-9-17-15-14(6-2)12-16(19-15)7-10-18(11-8-16)13(3)4/h5-6,9,13H,1-2,7-8,10-12H2,3-4H3. The van der Waals surface area contributed by atoms with Gasteiger partial charge in [0, 0.05) is 50.2 Å². The largest absolute Gasteiger partial charge is 0.470 e. The molecule has 1 fully saturated rings. The minimum atomic E-state index is -0.0528. The lowest BCUT2D eigenvalue weighted by molar-refractivity contribution is -0.0345. The molecule has 2 rings (SSSR count). The number of hydrogen-bond acceptors (Lipinski definition) is 3. The molecule has 0 aliphatic carbocycles. The number of piperidine rings is 1. The number of allylic oxidation sites excluding steroid dienone is 2. The molecule has 1 saturated heterocycles. The predicted molar refractivity (Wildman–Crippen MR) is 80.3 cm³/mol. The molecule has 0 bridgehead atoms. The molecule has 0 N–H and O–H groups in total. The monoisotopic (exact) mass is 260 g/mol. The van der Waals surface area contributed by atoms with E-state index in [1.54, 1.807) is 12.3 Å². The van der Waals surface area contributed by atoms with Crippen molar-refractivity contribution in [3.8, 4) is 0 Å². The van der Waals surface area contributed by atoms with Crippen LogP contribution in [0.1, 0.15) is 33.1 Å². The van der Waals surface area contributed by atoms with E-state index in [1.807, 2.05) is 6.08 Å². The number of nitrogens with zero attached hydrogens (tertiary/aromatic N) is 2. The van der Waals surface area contributed by atoms with Crippen LogP contribution in [0.4, 0.5) is 0 Å². The van der Waals surface area contributed by atoms with E-state index in [-0.39, 0.29) is 5.60 Å². The van der Waals surface area contributed by atoms with Crippen molar-refractivity contribution in [2.24, 2.45) is 4.99 Å². The average molecular weight is 260 g/mol. The molecule has 0 amide bonds. The maximum atomic E-state index is 6.16. The van der Waals surface area contributed by atoms with E-state index < -0.39 is 0 Å². The highest BCUT2D eigenvalue weighted by molar-refractivity contribution is 5.71. The molecule has 19 heavy (non-hydrogen) atoms. The number of ether oxygens (including phenoxy) is 1. The van der Waals surface area contributed by atoms with Crippen LogP contribution >= 0.6 is 0 Å². The Balaban J connectivity index is 2.04. The number of aliphatic imine (C=N–C) groups is 1. The quantitative estimate of drug-likeness (QED) is 0.724. The fourth-order valence-corrected chi connectivity index (χ4v) is 2.85. The van der Waals surface area contributed by atoms with Crippen molar-refractivity contribution in [1.82, 2.24) is 4.90 Å². The van der Waals surface area contributed by atoms with Gasteiger partial charge in [-0.05, 0) is 13.8 Å². The van der Waals surface area contributed by atoms with Crippen LogP contribution in [0, 0.1) is 0 Å². The summed E-state index contributed by atoms with van der Waals surface area (Å²) in [4.78, 5) is 6.83. The van der Waals surface area contributed by atoms with E-state index in [1.165, 1.54) is 0 Å². The van der Waals surface area contributed by atoms with Crippen LogP contribution in [-0.2, 0) is 4.74 Å². The van der Waals surface area contributed by atoms with Gasteiger partial charge in [0.2, 0.25) is 5.88 Å². The molecule has 3 nitrogen and oxygen atoms in total. The third-order valence-electron chi connectivity index (χ3n) is 4.08. The third-order valence-corrected chi connectivity index (χ3v) is 4.08. The first-order chi connectivity index (χ1) is 9.10. The Morgan fingerprint density at radius 3 is 2.53 bits per heavy atom. The summed E-state index contributed by atoms with van der Waals surface area (Å²) in [6, 6.07) is 0.615. The topological polar surface area (TPSA) is 24.8 Å². The normalized spacial score (nSPS) is 23.3. The lowest BCUT2D eigenvalue weighted by Gasteiger charge is -2.40. The summed E-state index contributed by atoms with van der Waals surface area (Å²) in [5.74, 6) is 0.730. The lowest BCUT2D eigenvalue weighted by atomic mass is 9.86. The Morgan fingerprint density at radius 1 is 1.32 bits per heavy atom. The van der Waals surface area contributed by atoms with Crippen molar-refractivity contribution < 1.29 is 4.74 Å². The summed E-state index contributed by atoms with van der Waals surface area (Å²) in [6.07, 6.45) is 8.29. The van der Waals surface area contributed by atoms with Gasteiger partial charge in [0.25, 0.3) is 0 Å². The van der Waals surface area contributed by atoms with Crippen LogP contribution in [0.3, 0.4) is 0 Å². The van der Waals surface area contributed by atoms with E-state index in [9.17, 15) is 0 Å². The first-order valence-electron chi connectivity index (χ1n) is 7.04. The minimum Gasteiger partial charge on any atom is -0.470 e. The zero-order valence-electron chi connectivity index (χ0n) is 12.1. The van der Waals surface area contributed by atoms with Gasteiger partial charge < -0.3 is 9.64 Å². The molecule has 2 aliphatic heterocycles. The van der Waals surface area contributed by atoms with Crippen LogP contribution in [0.5, 0.6) is 0 Å². The SMILES string of the molecule is C=CC=NC1=C(C=C)CC2(CCN(C(C)C)CC2)O1. The van der Waals surface area contributed by atoms with Gasteiger partial charge in [0.1, 0.15) is 5.60 Å². The average Bonchev–Trinajstić information content (AvgIpc) is 2.75. The van der Waals surface area contributed by atoms with Crippen molar-refractivity contribution >= 4 is 6.21 Å². The van der Waals surface area contributed by atoms with Gasteiger partial charge >= 0.3 is 0 Å². The van der Waals surface area contributed by atoms with Crippen LogP contribution < -0.4 is 0 Å². The van der Waals surface area contributed by atoms with Gasteiger partial charge in [0.15, 0.2) is 0 Å². The van der Waals surface area contributed by atoms with E-state index >= 15 is 0 Å². The van der Waals surface area contributed by atoms with E-state index in [4.69, 9.17) is 4.74 Å².